The largest absolute Gasteiger partial charge is 0.465 e. The summed E-state index contributed by atoms with van der Waals surface area (Å²) in [5.74, 6) is 0.236. The van der Waals surface area contributed by atoms with Crippen molar-refractivity contribution in [2.45, 2.75) is 32.6 Å². The van der Waals surface area contributed by atoms with Crippen molar-refractivity contribution in [3.05, 3.63) is 12.2 Å². The first-order valence-electron chi connectivity index (χ1n) is 4.66. The van der Waals surface area contributed by atoms with Gasteiger partial charge in [0, 0.05) is 0 Å². The van der Waals surface area contributed by atoms with Crippen LogP contribution in [0.4, 0.5) is 0 Å². The van der Waals surface area contributed by atoms with Crippen LogP contribution in [0.15, 0.2) is 12.2 Å². The lowest BCUT2D eigenvalue weighted by molar-refractivity contribution is -0.145. The Balaban J connectivity index is 1.94. The Morgan fingerprint density at radius 2 is 2.25 bits per heavy atom. The fourth-order valence-electron chi connectivity index (χ4n) is 0.949. The van der Waals surface area contributed by atoms with Crippen molar-refractivity contribution in [1.82, 2.24) is 0 Å². The molecule has 0 aromatic carbocycles. The summed E-state index contributed by atoms with van der Waals surface area (Å²) < 4.78 is 5.02. The van der Waals surface area contributed by atoms with E-state index in [1.165, 1.54) is 0 Å². The minimum Gasteiger partial charge on any atom is -0.465 e. The molecule has 1 aliphatic rings. The first kappa shape index (κ1) is 9.30. The predicted molar refractivity (Wildman–Crippen MR) is 47.7 cm³/mol. The molecule has 0 amide bonds. The van der Waals surface area contributed by atoms with Gasteiger partial charge in [0.2, 0.25) is 0 Å². The molecule has 0 radical (unpaired) electrons. The SMILES string of the molecule is CCC=CCCOC(=O)C1CC1. The maximum atomic E-state index is 11.0. The summed E-state index contributed by atoms with van der Waals surface area (Å²) in [6, 6.07) is 0. The summed E-state index contributed by atoms with van der Waals surface area (Å²) in [7, 11) is 0. The van der Waals surface area contributed by atoms with Crippen LogP contribution in [0.3, 0.4) is 0 Å². The molecule has 68 valence electrons. The van der Waals surface area contributed by atoms with E-state index in [1.54, 1.807) is 0 Å². The van der Waals surface area contributed by atoms with Gasteiger partial charge in [0.15, 0.2) is 0 Å². The van der Waals surface area contributed by atoms with Gasteiger partial charge in [-0.25, -0.2) is 0 Å². The average molecular weight is 168 g/mol. The number of ether oxygens (including phenoxy) is 1. The van der Waals surface area contributed by atoms with Gasteiger partial charge in [0.25, 0.3) is 0 Å². The first-order chi connectivity index (χ1) is 5.84. The van der Waals surface area contributed by atoms with Gasteiger partial charge < -0.3 is 4.74 Å². The Morgan fingerprint density at radius 3 is 2.83 bits per heavy atom. The summed E-state index contributed by atoms with van der Waals surface area (Å²) in [4.78, 5) is 11.0. The van der Waals surface area contributed by atoms with E-state index in [-0.39, 0.29) is 11.9 Å². The Kier molecular flexibility index (Phi) is 3.85. The van der Waals surface area contributed by atoms with Gasteiger partial charge in [-0.15, -0.1) is 0 Å². The molecule has 1 aliphatic carbocycles. The fourth-order valence-corrected chi connectivity index (χ4v) is 0.949. The molecule has 1 fully saturated rings. The molecule has 0 N–H and O–H groups in total. The standard InChI is InChI=1S/C10H16O2/c1-2-3-4-5-8-12-10(11)9-6-7-9/h3-4,9H,2,5-8H2,1H3. The van der Waals surface area contributed by atoms with Gasteiger partial charge in [0.1, 0.15) is 0 Å². The third-order valence-corrected chi connectivity index (χ3v) is 1.84. The second kappa shape index (κ2) is 4.96. The predicted octanol–water partition coefficient (Wildman–Crippen LogP) is 2.30. The molecule has 12 heavy (non-hydrogen) atoms. The summed E-state index contributed by atoms with van der Waals surface area (Å²) >= 11 is 0. The van der Waals surface area contributed by atoms with Crippen molar-refractivity contribution in [1.29, 1.82) is 0 Å². The molecule has 0 bridgehead atoms. The summed E-state index contributed by atoms with van der Waals surface area (Å²) in [6.45, 7) is 2.64. The third-order valence-electron chi connectivity index (χ3n) is 1.84. The van der Waals surface area contributed by atoms with E-state index in [0.29, 0.717) is 6.61 Å². The van der Waals surface area contributed by atoms with E-state index in [4.69, 9.17) is 4.74 Å². The Labute approximate surface area is 73.6 Å². The van der Waals surface area contributed by atoms with Crippen LogP contribution >= 0.6 is 0 Å². The number of allylic oxidation sites excluding steroid dienone is 1. The molecule has 0 aromatic rings. The first-order valence-corrected chi connectivity index (χ1v) is 4.66. The zero-order chi connectivity index (χ0) is 8.81. The average Bonchev–Trinajstić information content (AvgIpc) is 2.86. The number of carbonyl (C=O) groups excluding carboxylic acids is 1. The zero-order valence-electron chi connectivity index (χ0n) is 7.58. The summed E-state index contributed by atoms with van der Waals surface area (Å²) in [5.41, 5.74) is 0. The molecule has 0 heterocycles. The molecular weight excluding hydrogens is 152 g/mol. The van der Waals surface area contributed by atoms with Crippen molar-refractivity contribution in [2.75, 3.05) is 6.61 Å². The smallest absolute Gasteiger partial charge is 0.308 e. The van der Waals surface area contributed by atoms with Crippen LogP contribution in [-0.2, 0) is 9.53 Å². The summed E-state index contributed by atoms with van der Waals surface area (Å²) in [5, 5.41) is 0. The van der Waals surface area contributed by atoms with E-state index in [1.807, 2.05) is 0 Å². The highest BCUT2D eigenvalue weighted by Gasteiger charge is 2.30. The topological polar surface area (TPSA) is 26.3 Å². The van der Waals surface area contributed by atoms with Gasteiger partial charge in [0.05, 0.1) is 12.5 Å². The maximum Gasteiger partial charge on any atom is 0.308 e. The molecule has 0 spiro atoms. The number of hydrogen-bond donors (Lipinski definition) is 0. The van der Waals surface area contributed by atoms with Gasteiger partial charge in [-0.1, -0.05) is 19.1 Å². The van der Waals surface area contributed by atoms with Crippen molar-refractivity contribution in [3.63, 3.8) is 0 Å². The minimum atomic E-state index is -0.0000940. The van der Waals surface area contributed by atoms with Crippen LogP contribution in [0.5, 0.6) is 0 Å². The van der Waals surface area contributed by atoms with Crippen molar-refractivity contribution in [3.8, 4) is 0 Å². The van der Waals surface area contributed by atoms with Gasteiger partial charge >= 0.3 is 5.97 Å². The number of carbonyl (C=O) groups is 1. The highest BCUT2D eigenvalue weighted by atomic mass is 16.5. The lowest BCUT2D eigenvalue weighted by Crippen LogP contribution is -2.06. The second-order valence-corrected chi connectivity index (χ2v) is 3.11. The van der Waals surface area contributed by atoms with Crippen molar-refractivity contribution in [2.24, 2.45) is 5.92 Å². The molecule has 0 aliphatic heterocycles. The number of esters is 1. The number of hydrogen-bond acceptors (Lipinski definition) is 2. The van der Waals surface area contributed by atoms with Crippen LogP contribution < -0.4 is 0 Å². The van der Waals surface area contributed by atoms with E-state index in [0.717, 1.165) is 25.7 Å². The van der Waals surface area contributed by atoms with Crippen molar-refractivity contribution < 1.29 is 9.53 Å². The normalized spacial score (nSPS) is 16.8. The monoisotopic (exact) mass is 168 g/mol. The van der Waals surface area contributed by atoms with E-state index in [2.05, 4.69) is 19.1 Å². The Morgan fingerprint density at radius 1 is 1.50 bits per heavy atom. The molecule has 1 saturated carbocycles. The van der Waals surface area contributed by atoms with Gasteiger partial charge in [-0.05, 0) is 25.7 Å². The molecule has 0 aromatic heterocycles. The highest BCUT2D eigenvalue weighted by Crippen LogP contribution is 2.29. The highest BCUT2D eigenvalue weighted by molar-refractivity contribution is 5.74. The molecule has 2 nitrogen and oxygen atoms in total. The Bertz CT molecular complexity index is 169. The Hall–Kier alpha value is -0.790. The van der Waals surface area contributed by atoms with Crippen LogP contribution in [0.2, 0.25) is 0 Å². The molecule has 0 saturated heterocycles. The van der Waals surface area contributed by atoms with E-state index >= 15 is 0 Å². The molecule has 2 heteroatoms. The minimum absolute atomic E-state index is 0.0000940. The van der Waals surface area contributed by atoms with E-state index in [9.17, 15) is 4.79 Å². The fraction of sp³-hybridized carbons (Fsp3) is 0.700. The summed E-state index contributed by atoms with van der Waals surface area (Å²) in [6.07, 6.45) is 8.11. The lowest BCUT2D eigenvalue weighted by atomic mass is 10.3. The van der Waals surface area contributed by atoms with Crippen LogP contribution in [0.1, 0.15) is 32.6 Å². The van der Waals surface area contributed by atoms with E-state index < -0.39 is 0 Å². The molecule has 0 unspecified atom stereocenters. The maximum absolute atomic E-state index is 11.0. The molecule has 0 atom stereocenters. The lowest BCUT2D eigenvalue weighted by Gasteiger charge is -1.99. The third kappa shape index (κ3) is 3.56. The molecule has 1 rings (SSSR count). The molecular formula is C10H16O2. The zero-order valence-corrected chi connectivity index (χ0v) is 7.58. The van der Waals surface area contributed by atoms with Crippen molar-refractivity contribution >= 4 is 5.97 Å². The van der Waals surface area contributed by atoms with Crippen LogP contribution in [0.25, 0.3) is 0 Å². The van der Waals surface area contributed by atoms with Gasteiger partial charge in [-0.3, -0.25) is 4.79 Å². The van der Waals surface area contributed by atoms with Gasteiger partial charge in [-0.2, -0.15) is 0 Å². The second-order valence-electron chi connectivity index (χ2n) is 3.11. The number of rotatable bonds is 5. The van der Waals surface area contributed by atoms with Crippen LogP contribution in [0, 0.1) is 5.92 Å². The quantitative estimate of drug-likeness (QED) is 0.357. The van der Waals surface area contributed by atoms with Crippen LogP contribution in [-0.4, -0.2) is 12.6 Å².